The van der Waals surface area contributed by atoms with Crippen LogP contribution < -0.4 is 20.9 Å². The molecular formula is C27H40N4O7S2. The first kappa shape index (κ1) is 32.0. The molecule has 5 aliphatic rings. The Bertz CT molecular complexity index is 1250. The van der Waals surface area contributed by atoms with E-state index in [4.69, 9.17) is 4.55 Å². The molecule has 2 bridgehead atoms. The zero-order valence-corrected chi connectivity index (χ0v) is 24.9. The van der Waals surface area contributed by atoms with Crippen molar-refractivity contribution in [3.05, 3.63) is 29.3 Å². The van der Waals surface area contributed by atoms with Crippen LogP contribution in [0.3, 0.4) is 0 Å². The van der Waals surface area contributed by atoms with Gasteiger partial charge in [0, 0.05) is 63.2 Å². The van der Waals surface area contributed by atoms with E-state index < -0.39 is 21.3 Å². The van der Waals surface area contributed by atoms with Gasteiger partial charge >= 0.3 is 0 Å². The number of imide groups is 1. The third-order valence-electron chi connectivity index (χ3n) is 8.91. The maximum absolute atomic E-state index is 11.9. The molecule has 6 rings (SSSR count). The van der Waals surface area contributed by atoms with Crippen LogP contribution in [0.4, 0.5) is 5.69 Å². The van der Waals surface area contributed by atoms with Gasteiger partial charge in [-0.05, 0) is 54.4 Å². The largest absolute Gasteiger partial charge is 0.369 e. The van der Waals surface area contributed by atoms with E-state index >= 15 is 0 Å². The topological polar surface area (TPSA) is 162 Å². The number of nitrogens with zero attached hydrogens (tertiary/aromatic N) is 1. The lowest BCUT2D eigenvalue weighted by atomic mass is 9.70. The van der Waals surface area contributed by atoms with Crippen molar-refractivity contribution in [1.29, 1.82) is 0 Å². The Hall–Kier alpha value is -2.48. The molecule has 2 unspecified atom stereocenters. The summed E-state index contributed by atoms with van der Waals surface area (Å²) in [5.41, 5.74) is 2.07. The standard InChI is InChI=1S/C12H15N3O.C10H16O4S.C5H7NO2.H2S/c16-12-11-2-1-10(7-9(11)8-14-12)15-5-3-13-4-6-15;1-9(2)7-3-4-10(9,8(11)5-7)6-15(12,13)14;7-4-2-1-3-5(8)6-4;/h1-2,7,13H,3-6,8H2,(H,14,16);7H,3-6H2,1-2H3,(H,12,13,14);1-3H2,(H,6,7,8);1H2. The van der Waals surface area contributed by atoms with Gasteiger partial charge in [0.25, 0.3) is 16.0 Å². The minimum Gasteiger partial charge on any atom is -0.369 e. The molecule has 0 spiro atoms. The van der Waals surface area contributed by atoms with Crippen molar-refractivity contribution in [2.24, 2.45) is 16.7 Å². The van der Waals surface area contributed by atoms with Gasteiger partial charge in [-0.3, -0.25) is 29.0 Å². The Labute approximate surface area is 242 Å². The number of piperazine rings is 1. The highest BCUT2D eigenvalue weighted by molar-refractivity contribution is 7.85. The van der Waals surface area contributed by atoms with E-state index in [1.54, 1.807) is 0 Å². The fourth-order valence-electron chi connectivity index (χ4n) is 6.45. The van der Waals surface area contributed by atoms with Crippen molar-refractivity contribution >= 4 is 52.8 Å². The number of benzene rings is 1. The number of rotatable bonds is 3. The summed E-state index contributed by atoms with van der Waals surface area (Å²) in [6, 6.07) is 6.13. The van der Waals surface area contributed by atoms with Gasteiger partial charge in [-0.25, -0.2) is 0 Å². The Morgan fingerprint density at radius 1 is 1.05 bits per heavy atom. The summed E-state index contributed by atoms with van der Waals surface area (Å²) in [6.45, 7) is 8.72. The van der Waals surface area contributed by atoms with Gasteiger partial charge in [0.1, 0.15) is 5.78 Å². The minimum atomic E-state index is -4.08. The molecule has 3 aliphatic heterocycles. The van der Waals surface area contributed by atoms with Crippen LogP contribution >= 0.6 is 13.5 Å². The molecule has 4 N–H and O–H groups in total. The fraction of sp³-hybridized carbons (Fsp3) is 0.630. The molecular weight excluding hydrogens is 556 g/mol. The molecule has 1 aromatic carbocycles. The van der Waals surface area contributed by atoms with Crippen LogP contribution in [-0.4, -0.2) is 68.4 Å². The van der Waals surface area contributed by atoms with E-state index in [-0.39, 0.29) is 48.3 Å². The fourth-order valence-corrected chi connectivity index (χ4v) is 7.75. The Morgan fingerprint density at radius 3 is 2.20 bits per heavy atom. The second-order valence-corrected chi connectivity index (χ2v) is 12.9. The number of piperidine rings is 1. The van der Waals surface area contributed by atoms with Crippen LogP contribution in [0, 0.1) is 16.7 Å². The molecule has 0 radical (unpaired) electrons. The third-order valence-corrected chi connectivity index (χ3v) is 9.77. The van der Waals surface area contributed by atoms with Crippen molar-refractivity contribution < 1.29 is 32.1 Å². The first-order valence-corrected chi connectivity index (χ1v) is 15.1. The lowest BCUT2D eigenvalue weighted by Gasteiger charge is -2.35. The van der Waals surface area contributed by atoms with Crippen molar-refractivity contribution in [2.75, 3.05) is 36.8 Å². The highest BCUT2D eigenvalue weighted by atomic mass is 32.2. The zero-order valence-electron chi connectivity index (χ0n) is 23.0. The molecule has 2 aliphatic carbocycles. The molecule has 1 aromatic rings. The van der Waals surface area contributed by atoms with Crippen molar-refractivity contribution in [1.82, 2.24) is 16.0 Å². The summed E-state index contributed by atoms with van der Waals surface area (Å²) in [7, 11) is -4.08. The first-order chi connectivity index (χ1) is 18.3. The lowest BCUT2D eigenvalue weighted by Crippen LogP contribution is -2.43. The first-order valence-electron chi connectivity index (χ1n) is 13.5. The average molecular weight is 597 g/mol. The number of anilines is 1. The molecule has 2 saturated heterocycles. The van der Waals surface area contributed by atoms with Gasteiger partial charge in [0.05, 0.1) is 11.2 Å². The van der Waals surface area contributed by atoms with Gasteiger partial charge in [-0.2, -0.15) is 21.9 Å². The summed E-state index contributed by atoms with van der Waals surface area (Å²) in [5.74, 6) is -0.319. The summed E-state index contributed by atoms with van der Waals surface area (Å²) >= 11 is 0. The minimum absolute atomic E-state index is 0. The van der Waals surface area contributed by atoms with E-state index in [0.29, 0.717) is 38.6 Å². The van der Waals surface area contributed by atoms with Crippen molar-refractivity contribution in [2.45, 2.75) is 58.9 Å². The number of amides is 3. The number of hydrogen-bond donors (Lipinski definition) is 4. The second kappa shape index (κ2) is 12.6. The second-order valence-electron chi connectivity index (χ2n) is 11.5. The van der Waals surface area contributed by atoms with E-state index in [0.717, 1.165) is 43.7 Å². The number of ketones is 1. The van der Waals surface area contributed by atoms with Gasteiger partial charge in [0.2, 0.25) is 11.8 Å². The van der Waals surface area contributed by atoms with E-state index in [1.807, 2.05) is 19.9 Å². The molecule has 2 saturated carbocycles. The Balaban J connectivity index is 0.000000172. The summed E-state index contributed by atoms with van der Waals surface area (Å²) in [6.07, 6.45) is 3.70. The molecule has 4 fully saturated rings. The van der Waals surface area contributed by atoms with Gasteiger partial charge in [-0.1, -0.05) is 13.8 Å². The summed E-state index contributed by atoms with van der Waals surface area (Å²) < 4.78 is 31.0. The Morgan fingerprint density at radius 2 is 1.70 bits per heavy atom. The van der Waals surface area contributed by atoms with Crippen LogP contribution in [0.2, 0.25) is 0 Å². The predicted octanol–water partition coefficient (Wildman–Crippen LogP) is 1.54. The SMILES string of the molecule is CC1(C)C2CCC1(CS(=O)(=O)O)C(=O)C2.O=C1CCCC(=O)N1.O=C1NCc2cc(N3CCNCC3)ccc21.S. The molecule has 3 heterocycles. The number of fused-ring (bicyclic) bond motifs is 3. The van der Waals surface area contributed by atoms with Gasteiger partial charge in [0.15, 0.2) is 0 Å². The third kappa shape index (κ3) is 6.87. The van der Waals surface area contributed by atoms with E-state index in [9.17, 15) is 27.6 Å². The average Bonchev–Trinajstić information content (AvgIpc) is 3.42. The molecule has 0 aromatic heterocycles. The maximum atomic E-state index is 11.9. The smallest absolute Gasteiger partial charge is 0.265 e. The normalized spacial score (nSPS) is 26.4. The Kier molecular flexibility index (Phi) is 10.1. The van der Waals surface area contributed by atoms with Crippen LogP contribution in [0.15, 0.2) is 18.2 Å². The highest BCUT2D eigenvalue weighted by Crippen LogP contribution is 2.64. The number of carbonyl (C=O) groups excluding carboxylic acids is 4. The number of carbonyl (C=O) groups is 4. The lowest BCUT2D eigenvalue weighted by molar-refractivity contribution is -0.133. The predicted molar refractivity (Wildman–Crippen MR) is 155 cm³/mol. The number of Topliss-reactive ketones (excluding diaryl/α,β-unsaturated/α-hetero) is 1. The van der Waals surface area contributed by atoms with Crippen molar-refractivity contribution in [3.63, 3.8) is 0 Å². The van der Waals surface area contributed by atoms with E-state index in [2.05, 4.69) is 33.0 Å². The highest BCUT2D eigenvalue weighted by Gasteiger charge is 2.65. The summed E-state index contributed by atoms with van der Waals surface area (Å²) in [4.78, 5) is 46.3. The maximum Gasteiger partial charge on any atom is 0.265 e. The molecule has 3 amide bonds. The molecule has 11 nitrogen and oxygen atoms in total. The quantitative estimate of drug-likeness (QED) is 0.300. The van der Waals surface area contributed by atoms with E-state index in [1.165, 1.54) is 5.69 Å². The molecule has 40 heavy (non-hydrogen) atoms. The molecule has 13 heteroatoms. The monoisotopic (exact) mass is 596 g/mol. The van der Waals surface area contributed by atoms with Gasteiger partial charge in [-0.15, -0.1) is 0 Å². The molecule has 2 atom stereocenters. The zero-order chi connectivity index (χ0) is 28.4. The van der Waals surface area contributed by atoms with Crippen LogP contribution in [-0.2, 0) is 31.0 Å². The molecule has 222 valence electrons. The van der Waals surface area contributed by atoms with Crippen LogP contribution in [0.5, 0.6) is 0 Å². The summed E-state index contributed by atoms with van der Waals surface area (Å²) in [5, 5.41) is 8.38. The van der Waals surface area contributed by atoms with Gasteiger partial charge < -0.3 is 15.5 Å². The number of nitrogens with one attached hydrogen (secondary N) is 3. The van der Waals surface area contributed by atoms with Crippen LogP contribution in [0.1, 0.15) is 68.3 Å². The van der Waals surface area contributed by atoms with Crippen molar-refractivity contribution in [3.8, 4) is 0 Å². The number of hydrogen-bond acceptors (Lipinski definition) is 8. The van der Waals surface area contributed by atoms with Crippen LogP contribution in [0.25, 0.3) is 0 Å².